The van der Waals surface area contributed by atoms with Crippen molar-refractivity contribution in [3.05, 3.63) is 113 Å². The molecule has 6 heteroatoms. The molecule has 0 saturated carbocycles. The molecular weight excluding hydrogens is 400 g/mol. The predicted octanol–water partition coefficient (Wildman–Crippen LogP) is 5.29. The maximum Gasteiger partial charge on any atom is 0.259 e. The van der Waals surface area contributed by atoms with E-state index in [9.17, 15) is 9.00 Å². The lowest BCUT2D eigenvalue weighted by molar-refractivity contribution is 0.102. The molecule has 2 aromatic carbocycles. The Morgan fingerprint density at radius 1 is 0.862 bits per heavy atom. The first kappa shape index (κ1) is 19.2. The van der Waals surface area contributed by atoms with Crippen LogP contribution in [0.25, 0.3) is 0 Å². The summed E-state index contributed by atoms with van der Waals surface area (Å²) in [6.45, 7) is 0. The minimum absolute atomic E-state index is 0.277. The number of thiophene rings is 1. The molecule has 1 N–H and O–H groups in total. The lowest BCUT2D eigenvalue weighted by atomic mass is 10.0. The number of nitrogens with one attached hydrogen (secondary N) is 1. The highest BCUT2D eigenvalue weighted by atomic mass is 32.2. The van der Waals surface area contributed by atoms with Crippen LogP contribution in [-0.2, 0) is 10.8 Å². The predicted molar refractivity (Wildman–Crippen MR) is 118 cm³/mol. The largest absolute Gasteiger partial charge is 0.313 e. The Bertz CT molecular complexity index is 1070. The molecule has 0 aliphatic rings. The van der Waals surface area contributed by atoms with E-state index >= 15 is 0 Å². The molecule has 0 radical (unpaired) electrons. The van der Waals surface area contributed by atoms with E-state index in [2.05, 4.69) is 10.3 Å². The number of aromatic nitrogens is 1. The maximum absolute atomic E-state index is 13.7. The summed E-state index contributed by atoms with van der Waals surface area (Å²) < 4.78 is 13.7. The highest BCUT2D eigenvalue weighted by Crippen LogP contribution is 2.32. The number of carbonyl (C=O) groups excluding carboxylic acids is 1. The summed E-state index contributed by atoms with van der Waals surface area (Å²) >= 11 is 1.43. The van der Waals surface area contributed by atoms with Crippen LogP contribution in [0.3, 0.4) is 0 Å². The third kappa shape index (κ3) is 4.34. The summed E-state index contributed by atoms with van der Waals surface area (Å²) in [5, 5.41) is 5.33. The van der Waals surface area contributed by atoms with Gasteiger partial charge in [-0.2, -0.15) is 0 Å². The number of hydrogen-bond donors (Lipinski definition) is 1. The van der Waals surface area contributed by atoms with Gasteiger partial charge in [-0.15, -0.1) is 11.3 Å². The van der Waals surface area contributed by atoms with E-state index in [4.69, 9.17) is 0 Å². The fraction of sp³-hybridized carbons (Fsp3) is 0.0435. The molecule has 144 valence electrons. The van der Waals surface area contributed by atoms with Crippen LogP contribution in [0.1, 0.15) is 26.7 Å². The first-order chi connectivity index (χ1) is 14.2. The number of carbonyl (C=O) groups is 1. The van der Waals surface area contributed by atoms with Crippen LogP contribution in [0.15, 0.2) is 102 Å². The first-order valence-corrected chi connectivity index (χ1v) is 11.1. The molecule has 4 rings (SSSR count). The summed E-state index contributed by atoms with van der Waals surface area (Å²) in [7, 11) is -1.57. The number of pyridine rings is 1. The van der Waals surface area contributed by atoms with Gasteiger partial charge in [-0.1, -0.05) is 60.7 Å². The van der Waals surface area contributed by atoms with Gasteiger partial charge in [0.25, 0.3) is 5.91 Å². The second kappa shape index (κ2) is 8.94. The Balaban J connectivity index is 1.75. The maximum atomic E-state index is 13.7. The smallest absolute Gasteiger partial charge is 0.259 e. The van der Waals surface area contributed by atoms with Crippen LogP contribution < -0.4 is 5.32 Å². The topological polar surface area (TPSA) is 59.1 Å². The molecule has 0 fully saturated rings. The minimum Gasteiger partial charge on any atom is -0.313 e. The minimum atomic E-state index is -1.57. The van der Waals surface area contributed by atoms with Crippen LogP contribution in [-0.4, -0.2) is 15.1 Å². The Morgan fingerprint density at radius 3 is 2.10 bits per heavy atom. The third-order valence-corrected chi connectivity index (χ3v) is 6.85. The third-order valence-electron chi connectivity index (χ3n) is 4.38. The van der Waals surface area contributed by atoms with Gasteiger partial charge in [-0.05, 0) is 40.8 Å². The molecule has 0 spiro atoms. The van der Waals surface area contributed by atoms with Gasteiger partial charge in [0.05, 0.1) is 26.6 Å². The van der Waals surface area contributed by atoms with Crippen molar-refractivity contribution in [2.75, 3.05) is 5.32 Å². The van der Waals surface area contributed by atoms with Gasteiger partial charge < -0.3 is 5.32 Å². The van der Waals surface area contributed by atoms with Crippen molar-refractivity contribution in [2.45, 2.75) is 10.3 Å². The van der Waals surface area contributed by atoms with E-state index < -0.39 is 16.0 Å². The quantitative estimate of drug-likeness (QED) is 0.463. The molecule has 1 atom stereocenters. The van der Waals surface area contributed by atoms with Crippen molar-refractivity contribution < 1.29 is 9.00 Å². The normalized spacial score (nSPS) is 11.9. The van der Waals surface area contributed by atoms with Crippen molar-refractivity contribution >= 4 is 33.0 Å². The molecule has 29 heavy (non-hydrogen) atoms. The molecule has 4 nitrogen and oxygen atoms in total. The van der Waals surface area contributed by atoms with Crippen LogP contribution in [0.5, 0.6) is 0 Å². The molecule has 0 saturated heterocycles. The Kier molecular flexibility index (Phi) is 5.93. The fourth-order valence-corrected chi connectivity index (χ4v) is 5.25. The van der Waals surface area contributed by atoms with Crippen molar-refractivity contribution in [1.82, 2.24) is 4.98 Å². The standard InChI is InChI=1S/C23H18N2O2S2/c26-22(25-20-14-8-16-28-20)19-13-7-15-24-23(19)29(27)21(17-9-3-1-4-10-17)18-11-5-2-6-12-18/h1-16,21H,(H,25,26). The second-order valence-electron chi connectivity index (χ2n) is 6.29. The summed E-state index contributed by atoms with van der Waals surface area (Å²) in [5.41, 5.74) is 2.13. The van der Waals surface area contributed by atoms with Crippen LogP contribution in [0.4, 0.5) is 5.00 Å². The van der Waals surface area contributed by atoms with Gasteiger partial charge in [0, 0.05) is 6.20 Å². The number of nitrogens with zero attached hydrogens (tertiary/aromatic N) is 1. The number of hydrogen-bond acceptors (Lipinski definition) is 4. The monoisotopic (exact) mass is 418 g/mol. The van der Waals surface area contributed by atoms with Crippen LogP contribution in [0.2, 0.25) is 0 Å². The van der Waals surface area contributed by atoms with Crippen molar-refractivity contribution in [3.8, 4) is 0 Å². The van der Waals surface area contributed by atoms with E-state index in [0.29, 0.717) is 5.56 Å². The number of rotatable bonds is 6. The Morgan fingerprint density at radius 2 is 1.52 bits per heavy atom. The van der Waals surface area contributed by atoms with Crippen molar-refractivity contribution in [3.63, 3.8) is 0 Å². The van der Waals surface area contributed by atoms with E-state index in [1.165, 1.54) is 11.3 Å². The fourth-order valence-electron chi connectivity index (χ4n) is 3.06. The van der Waals surface area contributed by atoms with Crippen LogP contribution in [0, 0.1) is 0 Å². The number of benzene rings is 2. The zero-order chi connectivity index (χ0) is 20.1. The van der Waals surface area contributed by atoms with Crippen LogP contribution >= 0.6 is 11.3 Å². The van der Waals surface area contributed by atoms with Gasteiger partial charge in [0.1, 0.15) is 5.03 Å². The van der Waals surface area contributed by atoms with Crippen molar-refractivity contribution in [1.29, 1.82) is 0 Å². The SMILES string of the molecule is O=C(Nc1cccs1)c1cccnc1S(=O)C(c1ccccc1)c1ccccc1. The summed E-state index contributed by atoms with van der Waals surface area (Å²) in [6.07, 6.45) is 1.57. The molecule has 2 aromatic heterocycles. The van der Waals surface area contributed by atoms with E-state index in [-0.39, 0.29) is 10.9 Å². The van der Waals surface area contributed by atoms with Gasteiger partial charge in [0.2, 0.25) is 0 Å². The van der Waals surface area contributed by atoms with E-state index in [1.54, 1.807) is 18.3 Å². The average molecular weight is 419 g/mol. The molecule has 0 bridgehead atoms. The van der Waals surface area contributed by atoms with Gasteiger partial charge >= 0.3 is 0 Å². The Hall–Kier alpha value is -3.09. The van der Waals surface area contributed by atoms with E-state index in [0.717, 1.165) is 16.1 Å². The van der Waals surface area contributed by atoms with E-state index in [1.807, 2.05) is 78.2 Å². The Labute approximate surface area is 175 Å². The highest BCUT2D eigenvalue weighted by Gasteiger charge is 2.27. The average Bonchev–Trinajstić information content (AvgIpc) is 3.28. The lowest BCUT2D eigenvalue weighted by Gasteiger charge is -2.18. The zero-order valence-corrected chi connectivity index (χ0v) is 17.0. The van der Waals surface area contributed by atoms with Gasteiger partial charge in [0.15, 0.2) is 0 Å². The van der Waals surface area contributed by atoms with Gasteiger partial charge in [-0.25, -0.2) is 4.98 Å². The lowest BCUT2D eigenvalue weighted by Crippen LogP contribution is -2.18. The highest BCUT2D eigenvalue weighted by molar-refractivity contribution is 7.85. The number of anilines is 1. The summed E-state index contributed by atoms with van der Waals surface area (Å²) in [4.78, 5) is 17.2. The molecule has 4 aromatic rings. The number of amides is 1. The van der Waals surface area contributed by atoms with Gasteiger partial charge in [-0.3, -0.25) is 9.00 Å². The second-order valence-corrected chi connectivity index (χ2v) is 8.69. The molecule has 1 unspecified atom stereocenters. The summed E-state index contributed by atoms with van der Waals surface area (Å²) in [6, 6.07) is 26.4. The molecule has 0 aliphatic heterocycles. The van der Waals surface area contributed by atoms with Crippen molar-refractivity contribution in [2.24, 2.45) is 0 Å². The molecule has 2 heterocycles. The molecule has 1 amide bonds. The molecular formula is C23H18N2O2S2. The zero-order valence-electron chi connectivity index (χ0n) is 15.4. The molecule has 0 aliphatic carbocycles. The first-order valence-electron chi connectivity index (χ1n) is 9.04. The summed E-state index contributed by atoms with van der Waals surface area (Å²) in [5.74, 6) is -0.316.